The molecule has 1 aliphatic rings. The van der Waals surface area contributed by atoms with Crippen molar-refractivity contribution in [3.8, 4) is 0 Å². The zero-order chi connectivity index (χ0) is 13.8. The van der Waals surface area contributed by atoms with Gasteiger partial charge in [0.05, 0.1) is 11.9 Å². The summed E-state index contributed by atoms with van der Waals surface area (Å²) in [6, 6.07) is 5.75. The van der Waals surface area contributed by atoms with E-state index in [1.165, 1.54) is 12.1 Å². The standard InChI is InChI=1S/C15H13FN2O/c1-10-7-12(8-11(2)15(10)19)9-17-18-14-5-3-13(16)4-6-14/h3-9H,1-2H3. The molecule has 0 radical (unpaired) electrons. The number of hydrogen-bond acceptors (Lipinski definition) is 3. The summed E-state index contributed by atoms with van der Waals surface area (Å²) in [4.78, 5) is 11.5. The lowest BCUT2D eigenvalue weighted by molar-refractivity contribution is -0.112. The topological polar surface area (TPSA) is 41.8 Å². The van der Waals surface area contributed by atoms with Gasteiger partial charge in [0.2, 0.25) is 0 Å². The van der Waals surface area contributed by atoms with Gasteiger partial charge in [-0.05, 0) is 67.0 Å². The molecule has 0 heterocycles. The maximum atomic E-state index is 12.7. The van der Waals surface area contributed by atoms with Crippen LogP contribution in [0.5, 0.6) is 0 Å². The second-order valence-electron chi connectivity index (χ2n) is 4.30. The molecule has 0 bridgehead atoms. The van der Waals surface area contributed by atoms with E-state index in [1.54, 1.807) is 44.3 Å². The van der Waals surface area contributed by atoms with Gasteiger partial charge in [0.15, 0.2) is 5.78 Å². The number of Topliss-reactive ketones (excluding diaryl/α,β-unsaturated/α-hetero) is 1. The lowest BCUT2D eigenvalue weighted by Gasteiger charge is -2.07. The lowest BCUT2D eigenvalue weighted by atomic mass is 9.96. The van der Waals surface area contributed by atoms with Crippen molar-refractivity contribution in [1.29, 1.82) is 0 Å². The average Bonchev–Trinajstić information content (AvgIpc) is 2.38. The van der Waals surface area contributed by atoms with Crippen LogP contribution < -0.4 is 0 Å². The number of azo groups is 1. The largest absolute Gasteiger partial charge is 0.289 e. The molecule has 0 saturated heterocycles. The number of nitrogens with zero attached hydrogens (tertiary/aromatic N) is 2. The van der Waals surface area contributed by atoms with Crippen molar-refractivity contribution in [3.63, 3.8) is 0 Å². The zero-order valence-electron chi connectivity index (χ0n) is 10.7. The van der Waals surface area contributed by atoms with Crippen LogP contribution in [0.15, 0.2) is 69.6 Å². The average molecular weight is 256 g/mol. The first-order valence-corrected chi connectivity index (χ1v) is 5.84. The Hall–Kier alpha value is -2.36. The Kier molecular flexibility index (Phi) is 3.80. The number of allylic oxidation sites excluding steroid dienone is 5. The number of carbonyl (C=O) groups is 1. The van der Waals surface area contributed by atoms with Crippen molar-refractivity contribution >= 4 is 11.5 Å². The Morgan fingerprint density at radius 1 is 1.05 bits per heavy atom. The van der Waals surface area contributed by atoms with Crippen LogP contribution in [0.1, 0.15) is 13.8 Å². The van der Waals surface area contributed by atoms with Crippen molar-refractivity contribution in [2.45, 2.75) is 13.8 Å². The highest BCUT2D eigenvalue weighted by atomic mass is 19.1. The van der Waals surface area contributed by atoms with Crippen LogP contribution in [0, 0.1) is 5.82 Å². The van der Waals surface area contributed by atoms with Crippen molar-refractivity contribution in [3.05, 3.63) is 65.2 Å². The molecule has 19 heavy (non-hydrogen) atoms. The maximum Gasteiger partial charge on any atom is 0.184 e. The van der Waals surface area contributed by atoms with Gasteiger partial charge in [0.25, 0.3) is 0 Å². The molecule has 1 aromatic rings. The molecule has 0 fully saturated rings. The van der Waals surface area contributed by atoms with E-state index in [4.69, 9.17) is 0 Å². The number of halogens is 1. The third-order valence-electron chi connectivity index (χ3n) is 2.69. The minimum atomic E-state index is -0.305. The van der Waals surface area contributed by atoms with Gasteiger partial charge in [-0.2, -0.15) is 10.2 Å². The Bertz CT molecular complexity index is 598. The number of carbonyl (C=O) groups excluding carboxylic acids is 1. The van der Waals surface area contributed by atoms with Gasteiger partial charge >= 0.3 is 0 Å². The van der Waals surface area contributed by atoms with Crippen LogP contribution in [-0.4, -0.2) is 5.78 Å². The molecule has 96 valence electrons. The van der Waals surface area contributed by atoms with Crippen LogP contribution in [0.2, 0.25) is 0 Å². The molecule has 0 amide bonds. The van der Waals surface area contributed by atoms with E-state index in [9.17, 15) is 9.18 Å². The monoisotopic (exact) mass is 256 g/mol. The Morgan fingerprint density at radius 2 is 1.63 bits per heavy atom. The van der Waals surface area contributed by atoms with Gasteiger partial charge in [-0.15, -0.1) is 0 Å². The van der Waals surface area contributed by atoms with E-state index in [1.807, 2.05) is 0 Å². The summed E-state index contributed by atoms with van der Waals surface area (Å²) in [5.41, 5.74) is 2.76. The predicted molar refractivity (Wildman–Crippen MR) is 71.5 cm³/mol. The van der Waals surface area contributed by atoms with Gasteiger partial charge in [-0.3, -0.25) is 4.79 Å². The molecule has 1 aliphatic carbocycles. The molecule has 0 saturated carbocycles. The molecule has 0 unspecified atom stereocenters. The van der Waals surface area contributed by atoms with Crippen LogP contribution in [-0.2, 0) is 4.79 Å². The van der Waals surface area contributed by atoms with Crippen molar-refractivity contribution in [2.75, 3.05) is 0 Å². The quantitative estimate of drug-likeness (QED) is 0.728. The van der Waals surface area contributed by atoms with Gasteiger partial charge in [-0.1, -0.05) is 0 Å². The minimum absolute atomic E-state index is 0.0487. The SMILES string of the molecule is CC1=CC(=CN=Nc2ccc(F)cc2)C=C(C)C1=O. The molecule has 4 heteroatoms. The molecular formula is C15H13FN2O. The van der Waals surface area contributed by atoms with E-state index in [0.717, 1.165) is 5.57 Å². The molecule has 0 atom stereocenters. The summed E-state index contributed by atoms with van der Waals surface area (Å²) in [6.07, 6.45) is 5.10. The molecular weight excluding hydrogens is 243 g/mol. The molecule has 2 rings (SSSR count). The van der Waals surface area contributed by atoms with Crippen LogP contribution >= 0.6 is 0 Å². The molecule has 0 N–H and O–H groups in total. The van der Waals surface area contributed by atoms with Gasteiger partial charge in [-0.25, -0.2) is 4.39 Å². The number of hydrogen-bond donors (Lipinski definition) is 0. The summed E-state index contributed by atoms with van der Waals surface area (Å²) in [5.74, 6) is -0.257. The highest BCUT2D eigenvalue weighted by Gasteiger charge is 2.12. The number of rotatable bonds is 2. The van der Waals surface area contributed by atoms with Crippen molar-refractivity contribution in [2.24, 2.45) is 10.2 Å². The van der Waals surface area contributed by atoms with Gasteiger partial charge in [0, 0.05) is 0 Å². The van der Waals surface area contributed by atoms with Crippen molar-refractivity contribution in [1.82, 2.24) is 0 Å². The third-order valence-corrected chi connectivity index (χ3v) is 2.69. The third kappa shape index (κ3) is 3.31. The first kappa shape index (κ1) is 13.1. The Balaban J connectivity index is 2.15. The van der Waals surface area contributed by atoms with E-state index in [0.29, 0.717) is 16.8 Å². The molecule has 0 aromatic heterocycles. The Morgan fingerprint density at radius 3 is 2.21 bits per heavy atom. The van der Waals surface area contributed by atoms with Crippen LogP contribution in [0.25, 0.3) is 0 Å². The summed E-state index contributed by atoms with van der Waals surface area (Å²) < 4.78 is 12.7. The fourth-order valence-corrected chi connectivity index (χ4v) is 1.73. The van der Waals surface area contributed by atoms with E-state index >= 15 is 0 Å². The Labute approximate surface area is 110 Å². The summed E-state index contributed by atoms with van der Waals surface area (Å²) in [7, 11) is 0. The van der Waals surface area contributed by atoms with E-state index in [2.05, 4.69) is 10.2 Å². The van der Waals surface area contributed by atoms with Crippen molar-refractivity contribution < 1.29 is 9.18 Å². The zero-order valence-corrected chi connectivity index (χ0v) is 10.7. The van der Waals surface area contributed by atoms with Gasteiger partial charge < -0.3 is 0 Å². The normalized spacial score (nSPS) is 15.5. The predicted octanol–water partition coefficient (Wildman–Crippen LogP) is 4.27. The number of ketones is 1. The first-order valence-electron chi connectivity index (χ1n) is 5.84. The van der Waals surface area contributed by atoms with Crippen LogP contribution in [0.3, 0.4) is 0 Å². The highest BCUT2D eigenvalue weighted by Crippen LogP contribution is 2.19. The van der Waals surface area contributed by atoms with Crippen LogP contribution in [0.4, 0.5) is 10.1 Å². The fourth-order valence-electron chi connectivity index (χ4n) is 1.73. The maximum absolute atomic E-state index is 12.7. The van der Waals surface area contributed by atoms with E-state index in [-0.39, 0.29) is 11.6 Å². The fraction of sp³-hybridized carbons (Fsp3) is 0.133. The molecule has 0 spiro atoms. The highest BCUT2D eigenvalue weighted by molar-refractivity contribution is 6.09. The summed E-state index contributed by atoms with van der Waals surface area (Å²) >= 11 is 0. The summed E-state index contributed by atoms with van der Waals surface area (Å²) in [5, 5.41) is 7.88. The second-order valence-corrected chi connectivity index (χ2v) is 4.30. The minimum Gasteiger partial charge on any atom is -0.289 e. The molecule has 3 nitrogen and oxygen atoms in total. The first-order chi connectivity index (χ1) is 9.06. The molecule has 0 aliphatic heterocycles. The van der Waals surface area contributed by atoms with Gasteiger partial charge in [0.1, 0.15) is 5.82 Å². The summed E-state index contributed by atoms with van der Waals surface area (Å²) in [6.45, 7) is 3.54. The second kappa shape index (κ2) is 5.52. The smallest absolute Gasteiger partial charge is 0.184 e. The lowest BCUT2D eigenvalue weighted by Crippen LogP contribution is -2.05. The number of benzene rings is 1. The molecule has 1 aromatic carbocycles. The van der Waals surface area contributed by atoms with E-state index < -0.39 is 0 Å².